The third-order valence-electron chi connectivity index (χ3n) is 12.7. The molecule has 6 aromatic carbocycles. The number of hydrogen-bond donors (Lipinski definition) is 0. The number of aryl methyl sites for hydroxylation is 6. The Kier molecular flexibility index (Phi) is 13.6. The topological polar surface area (TPSA) is 0 Å². The van der Waals surface area contributed by atoms with Gasteiger partial charge in [-0.1, -0.05) is 227 Å². The lowest BCUT2D eigenvalue weighted by Gasteiger charge is -2.48. The van der Waals surface area contributed by atoms with Crippen molar-refractivity contribution in [2.24, 2.45) is 11.3 Å². The van der Waals surface area contributed by atoms with E-state index in [0.29, 0.717) is 5.41 Å². The molecule has 1 saturated carbocycles. The Morgan fingerprint density at radius 3 is 0.825 bits per heavy atom. The molecule has 0 nitrogen and oxygen atoms in total. The molecule has 298 valence electrons. The predicted molar refractivity (Wildman–Crippen MR) is 249 cm³/mol. The van der Waals surface area contributed by atoms with Gasteiger partial charge < -0.3 is 0 Å². The van der Waals surface area contributed by atoms with Crippen LogP contribution in [0, 0.1) is 52.9 Å². The maximum atomic E-state index is 2.44. The molecule has 0 radical (unpaired) electrons. The van der Waals surface area contributed by atoms with Crippen LogP contribution in [0.15, 0.2) is 146 Å². The standard InChI is InChI=1S/C23H30.2C17H20/c1-17-6-10-20(11-7-17)23(21-12-8-18(2)9-13-21)15-19(3)14-22(4,5)16-23;2*1-13-5-9-15(10-6-13)17(3,4)16-11-7-14(2)8-12-16/h6-13,19H,14-16H2,1-5H3;2*5-12H,1-4H3. The van der Waals surface area contributed by atoms with E-state index >= 15 is 0 Å². The van der Waals surface area contributed by atoms with Gasteiger partial charge in [-0.3, -0.25) is 0 Å². The molecule has 57 heavy (non-hydrogen) atoms. The van der Waals surface area contributed by atoms with Gasteiger partial charge in [-0.05, 0) is 106 Å². The molecule has 0 spiro atoms. The van der Waals surface area contributed by atoms with Crippen molar-refractivity contribution in [2.45, 2.75) is 126 Å². The van der Waals surface area contributed by atoms with Gasteiger partial charge in [-0.25, -0.2) is 0 Å². The van der Waals surface area contributed by atoms with Crippen molar-refractivity contribution in [1.82, 2.24) is 0 Å². The Morgan fingerprint density at radius 2 is 0.596 bits per heavy atom. The average molecular weight is 755 g/mol. The fraction of sp³-hybridized carbons (Fsp3) is 0.368. The van der Waals surface area contributed by atoms with Crippen LogP contribution < -0.4 is 0 Å². The molecule has 1 aliphatic rings. The van der Waals surface area contributed by atoms with Gasteiger partial charge in [0.1, 0.15) is 0 Å². The van der Waals surface area contributed by atoms with Crippen molar-refractivity contribution in [1.29, 1.82) is 0 Å². The molecule has 6 aromatic rings. The smallest absolute Gasteiger partial charge is 0.0210 e. The normalized spacial score (nSPS) is 16.1. The first-order valence-electron chi connectivity index (χ1n) is 21.2. The van der Waals surface area contributed by atoms with Crippen LogP contribution in [-0.2, 0) is 16.2 Å². The summed E-state index contributed by atoms with van der Waals surface area (Å²) in [5.41, 5.74) is 17.1. The Balaban J connectivity index is 0.000000166. The minimum absolute atomic E-state index is 0.0708. The van der Waals surface area contributed by atoms with Gasteiger partial charge in [0.2, 0.25) is 0 Å². The van der Waals surface area contributed by atoms with Crippen LogP contribution in [0.1, 0.15) is 134 Å². The fourth-order valence-corrected chi connectivity index (χ4v) is 9.14. The van der Waals surface area contributed by atoms with Gasteiger partial charge in [0.15, 0.2) is 0 Å². The van der Waals surface area contributed by atoms with Crippen molar-refractivity contribution < 1.29 is 0 Å². The highest BCUT2D eigenvalue weighted by Gasteiger charge is 2.45. The molecule has 1 atom stereocenters. The van der Waals surface area contributed by atoms with Gasteiger partial charge in [0.05, 0.1) is 0 Å². The van der Waals surface area contributed by atoms with E-state index in [-0.39, 0.29) is 16.2 Å². The molecule has 0 heteroatoms. The quantitative estimate of drug-likeness (QED) is 0.159. The number of hydrogen-bond acceptors (Lipinski definition) is 0. The minimum atomic E-state index is 0.0708. The summed E-state index contributed by atoms with van der Waals surface area (Å²) in [5.74, 6) is 0.751. The second-order valence-corrected chi connectivity index (χ2v) is 19.4. The van der Waals surface area contributed by atoms with E-state index < -0.39 is 0 Å². The summed E-state index contributed by atoms with van der Waals surface area (Å²) in [6.07, 6.45) is 3.81. The van der Waals surface area contributed by atoms with Gasteiger partial charge in [-0.2, -0.15) is 0 Å². The summed E-state index contributed by atoms with van der Waals surface area (Å²) in [4.78, 5) is 0. The summed E-state index contributed by atoms with van der Waals surface area (Å²) < 4.78 is 0. The minimum Gasteiger partial charge on any atom is -0.0624 e. The van der Waals surface area contributed by atoms with Crippen LogP contribution in [0.25, 0.3) is 0 Å². The SMILES string of the molecule is Cc1ccc(C(C)(C)c2ccc(C)cc2)cc1.Cc1ccc(C(C)(C)c2ccc(C)cc2)cc1.Cc1ccc(C2(c3ccc(C)cc3)CC(C)CC(C)(C)C2)cc1. The van der Waals surface area contributed by atoms with Crippen molar-refractivity contribution in [3.8, 4) is 0 Å². The van der Waals surface area contributed by atoms with E-state index in [4.69, 9.17) is 0 Å². The summed E-state index contributed by atoms with van der Waals surface area (Å²) in [6, 6.07) is 53.9. The Labute approximate surface area is 347 Å². The highest BCUT2D eigenvalue weighted by Crippen LogP contribution is 2.53. The molecular formula is C57H70. The zero-order valence-electron chi connectivity index (χ0n) is 37.6. The van der Waals surface area contributed by atoms with E-state index in [1.54, 1.807) is 0 Å². The molecule has 0 aromatic heterocycles. The Morgan fingerprint density at radius 1 is 0.368 bits per heavy atom. The van der Waals surface area contributed by atoms with Crippen LogP contribution in [-0.4, -0.2) is 0 Å². The molecule has 0 saturated heterocycles. The largest absolute Gasteiger partial charge is 0.0624 e. The second kappa shape index (κ2) is 17.9. The Hall–Kier alpha value is -4.68. The van der Waals surface area contributed by atoms with Crippen LogP contribution in [0.4, 0.5) is 0 Å². The Bertz CT molecular complexity index is 1900. The predicted octanol–water partition coefficient (Wildman–Crippen LogP) is 15.7. The fourth-order valence-electron chi connectivity index (χ4n) is 9.14. The lowest BCUT2D eigenvalue weighted by atomic mass is 9.55. The maximum absolute atomic E-state index is 2.44. The van der Waals surface area contributed by atoms with Gasteiger partial charge >= 0.3 is 0 Å². The summed E-state index contributed by atoms with van der Waals surface area (Å²) in [7, 11) is 0. The zero-order valence-corrected chi connectivity index (χ0v) is 37.6. The lowest BCUT2D eigenvalue weighted by Crippen LogP contribution is -2.41. The second-order valence-electron chi connectivity index (χ2n) is 19.4. The van der Waals surface area contributed by atoms with E-state index in [2.05, 4.69) is 236 Å². The number of benzene rings is 6. The van der Waals surface area contributed by atoms with Crippen LogP contribution >= 0.6 is 0 Å². The highest BCUT2D eigenvalue weighted by atomic mass is 14.5. The van der Waals surface area contributed by atoms with Crippen LogP contribution in [0.2, 0.25) is 0 Å². The van der Waals surface area contributed by atoms with Gasteiger partial charge in [-0.15, -0.1) is 0 Å². The lowest BCUT2D eigenvalue weighted by molar-refractivity contribution is 0.127. The molecule has 1 fully saturated rings. The van der Waals surface area contributed by atoms with Crippen molar-refractivity contribution in [3.63, 3.8) is 0 Å². The number of rotatable bonds is 6. The first-order chi connectivity index (χ1) is 26.8. The van der Waals surface area contributed by atoms with Crippen LogP contribution in [0.5, 0.6) is 0 Å². The van der Waals surface area contributed by atoms with E-state index in [0.717, 1.165) is 5.92 Å². The first kappa shape index (κ1) is 43.4. The third kappa shape index (κ3) is 10.8. The van der Waals surface area contributed by atoms with Crippen molar-refractivity contribution >= 4 is 0 Å². The van der Waals surface area contributed by atoms with Crippen molar-refractivity contribution in [2.75, 3.05) is 0 Å². The van der Waals surface area contributed by atoms with Crippen molar-refractivity contribution in [3.05, 3.63) is 212 Å². The molecule has 0 aliphatic heterocycles. The van der Waals surface area contributed by atoms with Gasteiger partial charge in [0, 0.05) is 16.2 Å². The summed E-state index contributed by atoms with van der Waals surface area (Å²) in [5, 5.41) is 0. The summed E-state index contributed by atoms with van der Waals surface area (Å²) >= 11 is 0. The van der Waals surface area contributed by atoms with Crippen LogP contribution in [0.3, 0.4) is 0 Å². The molecule has 0 amide bonds. The molecule has 0 bridgehead atoms. The molecular weight excluding hydrogens is 685 g/mol. The van der Waals surface area contributed by atoms with E-state index in [9.17, 15) is 0 Å². The first-order valence-corrected chi connectivity index (χ1v) is 21.2. The molecule has 1 aliphatic carbocycles. The third-order valence-corrected chi connectivity index (χ3v) is 12.7. The molecule has 0 N–H and O–H groups in total. The average Bonchev–Trinajstić information content (AvgIpc) is 3.16. The molecule has 0 heterocycles. The highest BCUT2D eigenvalue weighted by molar-refractivity contribution is 5.43. The summed E-state index contributed by atoms with van der Waals surface area (Å²) in [6.45, 7) is 29.3. The van der Waals surface area contributed by atoms with Gasteiger partial charge in [0.25, 0.3) is 0 Å². The zero-order chi connectivity index (χ0) is 41.6. The maximum Gasteiger partial charge on any atom is 0.0210 e. The monoisotopic (exact) mass is 755 g/mol. The van der Waals surface area contributed by atoms with E-state index in [1.807, 2.05) is 0 Å². The van der Waals surface area contributed by atoms with E-state index in [1.165, 1.54) is 86.0 Å². The molecule has 1 unspecified atom stereocenters. The molecule has 7 rings (SSSR count).